The highest BCUT2D eigenvalue weighted by molar-refractivity contribution is 5.55. The lowest BCUT2D eigenvalue weighted by Gasteiger charge is -2.38. The van der Waals surface area contributed by atoms with Crippen LogP contribution in [0.5, 0.6) is 0 Å². The zero-order chi connectivity index (χ0) is 14.8. The summed E-state index contributed by atoms with van der Waals surface area (Å²) in [6.45, 7) is 5.63. The number of likely N-dealkylation sites (N-methyl/N-ethyl adjacent to an activating group) is 2. The number of piperidine rings is 1. The van der Waals surface area contributed by atoms with Crippen molar-refractivity contribution in [1.29, 1.82) is 0 Å². The molecule has 3 nitrogen and oxygen atoms in total. The van der Waals surface area contributed by atoms with Crippen molar-refractivity contribution < 1.29 is 0 Å². The van der Waals surface area contributed by atoms with Crippen molar-refractivity contribution in [2.45, 2.75) is 51.2 Å². The van der Waals surface area contributed by atoms with Crippen molar-refractivity contribution in [3.8, 4) is 0 Å². The van der Waals surface area contributed by atoms with E-state index in [0.29, 0.717) is 6.04 Å². The summed E-state index contributed by atoms with van der Waals surface area (Å²) in [4.78, 5) is 4.97. The Labute approximate surface area is 129 Å². The number of benzene rings is 1. The van der Waals surface area contributed by atoms with Gasteiger partial charge in [-0.2, -0.15) is 0 Å². The SMILES string of the molecule is Cc1ccc(N(C)C2CCCN(C)C2)c(CNC2CC2)c1. The van der Waals surface area contributed by atoms with Crippen LogP contribution in [0.15, 0.2) is 18.2 Å². The van der Waals surface area contributed by atoms with Crippen LogP contribution in [0.3, 0.4) is 0 Å². The van der Waals surface area contributed by atoms with Crippen LogP contribution in [0.1, 0.15) is 36.8 Å². The van der Waals surface area contributed by atoms with Crippen LogP contribution in [0.25, 0.3) is 0 Å². The Morgan fingerprint density at radius 1 is 1.29 bits per heavy atom. The second-order valence-corrected chi connectivity index (χ2v) is 6.96. The number of nitrogens with one attached hydrogen (secondary N) is 1. The van der Waals surface area contributed by atoms with Crippen LogP contribution < -0.4 is 10.2 Å². The Hall–Kier alpha value is -1.06. The van der Waals surface area contributed by atoms with Crippen molar-refractivity contribution in [2.24, 2.45) is 0 Å². The largest absolute Gasteiger partial charge is 0.370 e. The first-order valence-electron chi connectivity index (χ1n) is 8.38. The molecule has 3 rings (SSSR count). The highest BCUT2D eigenvalue weighted by Gasteiger charge is 2.24. The predicted molar refractivity (Wildman–Crippen MR) is 90.0 cm³/mol. The molecule has 2 fully saturated rings. The van der Waals surface area contributed by atoms with E-state index in [-0.39, 0.29) is 0 Å². The summed E-state index contributed by atoms with van der Waals surface area (Å²) < 4.78 is 0. The molecule has 1 N–H and O–H groups in total. The molecular formula is C18H29N3. The normalized spacial score (nSPS) is 23.3. The second-order valence-electron chi connectivity index (χ2n) is 6.96. The maximum absolute atomic E-state index is 3.67. The third-order valence-corrected chi connectivity index (χ3v) is 4.92. The summed E-state index contributed by atoms with van der Waals surface area (Å²) in [5.41, 5.74) is 4.23. The van der Waals surface area contributed by atoms with Gasteiger partial charge in [0.05, 0.1) is 0 Å². The first-order valence-corrected chi connectivity index (χ1v) is 8.38. The van der Waals surface area contributed by atoms with Crippen LogP contribution >= 0.6 is 0 Å². The fourth-order valence-electron chi connectivity index (χ4n) is 3.39. The minimum absolute atomic E-state index is 0.645. The van der Waals surface area contributed by atoms with E-state index in [2.05, 4.69) is 54.3 Å². The van der Waals surface area contributed by atoms with Crippen LogP contribution in [-0.2, 0) is 6.54 Å². The van der Waals surface area contributed by atoms with E-state index in [1.807, 2.05) is 0 Å². The molecule has 0 radical (unpaired) electrons. The van der Waals surface area contributed by atoms with Crippen LogP contribution in [0.4, 0.5) is 5.69 Å². The quantitative estimate of drug-likeness (QED) is 0.898. The van der Waals surface area contributed by atoms with E-state index in [9.17, 15) is 0 Å². The van der Waals surface area contributed by atoms with Gasteiger partial charge >= 0.3 is 0 Å². The van der Waals surface area contributed by atoms with Gasteiger partial charge in [-0.3, -0.25) is 0 Å². The first kappa shape index (κ1) is 14.9. The number of hydrogen-bond donors (Lipinski definition) is 1. The van der Waals surface area contributed by atoms with Crippen LogP contribution in [0, 0.1) is 6.92 Å². The minimum Gasteiger partial charge on any atom is -0.370 e. The van der Waals surface area contributed by atoms with Crippen LogP contribution in [0.2, 0.25) is 0 Å². The molecule has 1 heterocycles. The first-order chi connectivity index (χ1) is 10.1. The maximum Gasteiger partial charge on any atom is 0.0414 e. The molecule has 21 heavy (non-hydrogen) atoms. The Kier molecular flexibility index (Phi) is 4.51. The van der Waals surface area contributed by atoms with Gasteiger partial charge in [0.1, 0.15) is 0 Å². The van der Waals surface area contributed by atoms with E-state index < -0.39 is 0 Å². The zero-order valence-electron chi connectivity index (χ0n) is 13.7. The summed E-state index contributed by atoms with van der Waals surface area (Å²) in [7, 11) is 4.51. The smallest absolute Gasteiger partial charge is 0.0414 e. The van der Waals surface area contributed by atoms with Gasteiger partial charge in [-0.25, -0.2) is 0 Å². The molecule has 2 aliphatic rings. The molecule has 1 saturated heterocycles. The zero-order valence-corrected chi connectivity index (χ0v) is 13.7. The van der Waals surface area contributed by atoms with Gasteiger partial charge in [0, 0.05) is 37.9 Å². The highest BCUT2D eigenvalue weighted by Crippen LogP contribution is 2.27. The topological polar surface area (TPSA) is 18.5 Å². The molecule has 1 unspecified atom stereocenters. The Balaban J connectivity index is 1.75. The fourth-order valence-corrected chi connectivity index (χ4v) is 3.39. The van der Waals surface area contributed by atoms with Crippen molar-refractivity contribution >= 4 is 5.69 Å². The standard InChI is InChI=1S/C18H29N3/c1-14-6-9-18(15(11-14)12-19-16-7-8-16)21(3)17-5-4-10-20(2)13-17/h6,9,11,16-17,19H,4-5,7-8,10,12-13H2,1-3H3. The molecule has 116 valence electrons. The minimum atomic E-state index is 0.645. The predicted octanol–water partition coefficient (Wildman–Crippen LogP) is 2.78. The Morgan fingerprint density at radius 2 is 2.10 bits per heavy atom. The highest BCUT2D eigenvalue weighted by atomic mass is 15.2. The molecule has 1 saturated carbocycles. The number of aryl methyl sites for hydroxylation is 1. The average molecular weight is 287 g/mol. The molecule has 1 aromatic carbocycles. The number of hydrogen-bond acceptors (Lipinski definition) is 3. The van der Waals surface area contributed by atoms with Gasteiger partial charge < -0.3 is 15.1 Å². The van der Waals surface area contributed by atoms with Crippen LogP contribution in [-0.4, -0.2) is 44.2 Å². The van der Waals surface area contributed by atoms with E-state index >= 15 is 0 Å². The number of rotatable bonds is 5. The van der Waals surface area contributed by atoms with Gasteiger partial charge in [0.25, 0.3) is 0 Å². The van der Waals surface area contributed by atoms with E-state index in [4.69, 9.17) is 0 Å². The average Bonchev–Trinajstić information content (AvgIpc) is 3.29. The van der Waals surface area contributed by atoms with Gasteiger partial charge in [0.2, 0.25) is 0 Å². The molecule has 1 aliphatic heterocycles. The number of likely N-dealkylation sites (tertiary alicyclic amines) is 1. The molecular weight excluding hydrogens is 258 g/mol. The second kappa shape index (κ2) is 6.37. The molecule has 1 atom stereocenters. The number of anilines is 1. The van der Waals surface area contributed by atoms with Crippen molar-refractivity contribution in [2.75, 3.05) is 32.1 Å². The van der Waals surface area contributed by atoms with Gasteiger partial charge in [-0.1, -0.05) is 17.7 Å². The van der Waals surface area contributed by atoms with E-state index in [0.717, 1.165) is 12.6 Å². The van der Waals surface area contributed by atoms with Gasteiger partial charge in [-0.15, -0.1) is 0 Å². The van der Waals surface area contributed by atoms with Crippen molar-refractivity contribution in [3.63, 3.8) is 0 Å². The van der Waals surface area contributed by atoms with Crippen molar-refractivity contribution in [1.82, 2.24) is 10.2 Å². The third-order valence-electron chi connectivity index (χ3n) is 4.92. The molecule has 3 heteroatoms. The molecule has 0 aromatic heterocycles. The third kappa shape index (κ3) is 3.78. The summed E-state index contributed by atoms with van der Waals surface area (Å²) in [5.74, 6) is 0. The maximum atomic E-state index is 3.67. The lowest BCUT2D eigenvalue weighted by atomic mass is 10.0. The molecule has 1 aliphatic carbocycles. The summed E-state index contributed by atoms with van der Waals surface area (Å²) in [6, 6.07) is 8.33. The van der Waals surface area contributed by atoms with Gasteiger partial charge in [-0.05, 0) is 57.8 Å². The summed E-state index contributed by atoms with van der Waals surface area (Å²) in [5, 5.41) is 3.67. The molecule has 0 bridgehead atoms. The summed E-state index contributed by atoms with van der Waals surface area (Å²) in [6.07, 6.45) is 5.33. The van der Waals surface area contributed by atoms with E-state index in [1.54, 1.807) is 0 Å². The fraction of sp³-hybridized carbons (Fsp3) is 0.667. The lowest BCUT2D eigenvalue weighted by Crippen LogP contribution is -2.45. The van der Waals surface area contributed by atoms with Gasteiger partial charge in [0.15, 0.2) is 0 Å². The Morgan fingerprint density at radius 3 is 2.81 bits per heavy atom. The molecule has 0 spiro atoms. The number of nitrogens with zero attached hydrogens (tertiary/aromatic N) is 2. The monoisotopic (exact) mass is 287 g/mol. The van der Waals surface area contributed by atoms with Crippen molar-refractivity contribution in [3.05, 3.63) is 29.3 Å². The molecule has 0 amide bonds. The Bertz CT molecular complexity index is 481. The molecule has 1 aromatic rings. The lowest BCUT2D eigenvalue weighted by molar-refractivity contribution is 0.248. The van der Waals surface area contributed by atoms with E-state index in [1.165, 1.54) is 55.6 Å². The summed E-state index contributed by atoms with van der Waals surface area (Å²) >= 11 is 0.